The summed E-state index contributed by atoms with van der Waals surface area (Å²) >= 11 is 0. The highest BCUT2D eigenvalue weighted by Crippen LogP contribution is 2.12. The van der Waals surface area contributed by atoms with Crippen LogP contribution >= 0.6 is 0 Å². The summed E-state index contributed by atoms with van der Waals surface area (Å²) in [5, 5.41) is 12.7. The summed E-state index contributed by atoms with van der Waals surface area (Å²) in [6.07, 6.45) is 2.30. The van der Waals surface area contributed by atoms with E-state index in [4.69, 9.17) is 4.74 Å². The molecule has 1 saturated heterocycles. The van der Waals surface area contributed by atoms with E-state index in [2.05, 4.69) is 5.32 Å². The fraction of sp³-hybridized carbons (Fsp3) is 1.00. The van der Waals surface area contributed by atoms with Crippen molar-refractivity contribution < 1.29 is 18.3 Å². The highest BCUT2D eigenvalue weighted by Gasteiger charge is 2.24. The lowest BCUT2D eigenvalue weighted by Crippen LogP contribution is -2.46. The normalized spacial score (nSPS) is 21.6. The molecule has 2 N–H and O–H groups in total. The zero-order chi connectivity index (χ0) is 12.9. The molecule has 0 bridgehead atoms. The lowest BCUT2D eigenvalue weighted by molar-refractivity contribution is 0.0613. The Bertz CT molecular complexity index is 312. The Morgan fingerprint density at radius 3 is 2.53 bits per heavy atom. The lowest BCUT2D eigenvalue weighted by atomic mass is 10.1. The first-order valence-corrected chi connectivity index (χ1v) is 7.64. The van der Waals surface area contributed by atoms with Crippen LogP contribution < -0.4 is 5.32 Å². The first kappa shape index (κ1) is 14.8. The van der Waals surface area contributed by atoms with Gasteiger partial charge in [0.05, 0.1) is 19.0 Å². The molecule has 6 nitrogen and oxygen atoms in total. The Morgan fingerprint density at radius 2 is 2.06 bits per heavy atom. The minimum Gasteiger partial charge on any atom is -0.389 e. The van der Waals surface area contributed by atoms with Crippen molar-refractivity contribution in [3.8, 4) is 0 Å². The summed E-state index contributed by atoms with van der Waals surface area (Å²) in [6, 6.07) is 0.277. The Labute approximate surface area is 103 Å². The minimum absolute atomic E-state index is 0.277. The highest BCUT2D eigenvalue weighted by molar-refractivity contribution is 7.88. The van der Waals surface area contributed by atoms with Crippen molar-refractivity contribution in [2.24, 2.45) is 0 Å². The van der Waals surface area contributed by atoms with E-state index in [1.54, 1.807) is 7.11 Å². The lowest BCUT2D eigenvalue weighted by Gasteiger charge is -2.31. The van der Waals surface area contributed by atoms with Gasteiger partial charge in [0.15, 0.2) is 0 Å². The maximum atomic E-state index is 11.3. The van der Waals surface area contributed by atoms with Crippen molar-refractivity contribution in [3.05, 3.63) is 0 Å². The summed E-state index contributed by atoms with van der Waals surface area (Å²) in [6.45, 7) is 1.90. The number of hydrogen-bond acceptors (Lipinski definition) is 5. The van der Waals surface area contributed by atoms with Gasteiger partial charge in [-0.1, -0.05) is 0 Å². The quantitative estimate of drug-likeness (QED) is 0.645. The van der Waals surface area contributed by atoms with E-state index >= 15 is 0 Å². The van der Waals surface area contributed by atoms with E-state index in [1.807, 2.05) is 0 Å². The molecule has 7 heteroatoms. The van der Waals surface area contributed by atoms with Gasteiger partial charge in [-0.05, 0) is 12.8 Å². The Balaban J connectivity index is 2.24. The molecule has 1 aliphatic rings. The molecular formula is C10H22N2O4S. The fourth-order valence-electron chi connectivity index (χ4n) is 1.95. The van der Waals surface area contributed by atoms with E-state index in [9.17, 15) is 13.5 Å². The van der Waals surface area contributed by atoms with Crippen LogP contribution in [0.3, 0.4) is 0 Å². The topological polar surface area (TPSA) is 78.9 Å². The van der Waals surface area contributed by atoms with Crippen molar-refractivity contribution in [2.45, 2.75) is 25.0 Å². The number of nitrogens with zero attached hydrogens (tertiary/aromatic N) is 1. The maximum absolute atomic E-state index is 11.3. The van der Waals surface area contributed by atoms with Crippen LogP contribution in [0, 0.1) is 0 Å². The van der Waals surface area contributed by atoms with Gasteiger partial charge in [-0.25, -0.2) is 12.7 Å². The number of piperidine rings is 1. The second-order valence-electron chi connectivity index (χ2n) is 4.45. The third kappa shape index (κ3) is 5.31. The van der Waals surface area contributed by atoms with Crippen LogP contribution in [-0.2, 0) is 14.8 Å². The highest BCUT2D eigenvalue weighted by atomic mass is 32.2. The van der Waals surface area contributed by atoms with Gasteiger partial charge in [-0.2, -0.15) is 0 Å². The number of sulfonamides is 1. The molecule has 0 aromatic heterocycles. The summed E-state index contributed by atoms with van der Waals surface area (Å²) in [4.78, 5) is 0. The van der Waals surface area contributed by atoms with Gasteiger partial charge in [0.25, 0.3) is 0 Å². The maximum Gasteiger partial charge on any atom is 0.211 e. The number of methoxy groups -OCH3 is 1. The molecule has 1 unspecified atom stereocenters. The SMILES string of the molecule is COCC(O)CNC1CCN(S(C)(=O)=O)CC1. The van der Waals surface area contributed by atoms with Gasteiger partial charge in [0.2, 0.25) is 10.0 Å². The largest absolute Gasteiger partial charge is 0.389 e. The van der Waals surface area contributed by atoms with Crippen LogP contribution in [-0.4, -0.2) is 69.6 Å². The summed E-state index contributed by atoms with van der Waals surface area (Å²) < 4.78 is 28.9. The molecule has 0 radical (unpaired) electrons. The molecule has 1 aliphatic heterocycles. The van der Waals surface area contributed by atoms with Gasteiger partial charge in [-0.15, -0.1) is 0 Å². The van der Waals surface area contributed by atoms with Crippen molar-refractivity contribution in [2.75, 3.05) is 39.6 Å². The van der Waals surface area contributed by atoms with E-state index < -0.39 is 16.1 Å². The predicted octanol–water partition coefficient (Wildman–Crippen LogP) is -0.993. The van der Waals surface area contributed by atoms with Crippen molar-refractivity contribution >= 4 is 10.0 Å². The van der Waals surface area contributed by atoms with E-state index in [0.29, 0.717) is 26.2 Å². The monoisotopic (exact) mass is 266 g/mol. The van der Waals surface area contributed by atoms with Crippen LogP contribution in [0.15, 0.2) is 0 Å². The van der Waals surface area contributed by atoms with Gasteiger partial charge in [0, 0.05) is 32.8 Å². The van der Waals surface area contributed by atoms with Crippen LogP contribution in [0.2, 0.25) is 0 Å². The predicted molar refractivity (Wildman–Crippen MR) is 65.3 cm³/mol. The molecule has 0 aromatic rings. The average Bonchev–Trinajstić information content (AvgIpc) is 2.26. The first-order chi connectivity index (χ1) is 7.93. The smallest absolute Gasteiger partial charge is 0.211 e. The molecule has 17 heavy (non-hydrogen) atoms. The van der Waals surface area contributed by atoms with Gasteiger partial charge in [-0.3, -0.25) is 0 Å². The zero-order valence-corrected chi connectivity index (χ0v) is 11.2. The number of aliphatic hydroxyl groups is 1. The average molecular weight is 266 g/mol. The molecule has 0 spiro atoms. The fourth-order valence-corrected chi connectivity index (χ4v) is 2.82. The standard InChI is InChI=1S/C10H22N2O4S/c1-16-8-10(13)7-11-9-3-5-12(6-4-9)17(2,14)15/h9-11,13H,3-8H2,1-2H3. The molecule has 0 saturated carbocycles. The minimum atomic E-state index is -3.05. The summed E-state index contributed by atoms with van der Waals surface area (Å²) in [5.41, 5.74) is 0. The second-order valence-corrected chi connectivity index (χ2v) is 6.44. The Hall–Kier alpha value is -0.210. The molecule has 1 atom stereocenters. The van der Waals surface area contributed by atoms with Crippen molar-refractivity contribution in [1.29, 1.82) is 0 Å². The summed E-state index contributed by atoms with van der Waals surface area (Å²) in [5.74, 6) is 0. The number of ether oxygens (including phenoxy) is 1. The van der Waals surface area contributed by atoms with Gasteiger partial charge >= 0.3 is 0 Å². The van der Waals surface area contributed by atoms with Crippen LogP contribution in [0.5, 0.6) is 0 Å². The van der Waals surface area contributed by atoms with E-state index in [-0.39, 0.29) is 6.04 Å². The molecule has 0 amide bonds. The Morgan fingerprint density at radius 1 is 1.47 bits per heavy atom. The number of aliphatic hydroxyl groups excluding tert-OH is 1. The molecule has 0 aromatic carbocycles. The molecule has 1 heterocycles. The molecule has 1 fully saturated rings. The van der Waals surface area contributed by atoms with E-state index in [1.165, 1.54) is 10.6 Å². The molecule has 1 rings (SSSR count). The third-order valence-electron chi connectivity index (χ3n) is 2.92. The van der Waals surface area contributed by atoms with Gasteiger partial charge in [0.1, 0.15) is 0 Å². The second kappa shape index (κ2) is 6.65. The van der Waals surface area contributed by atoms with E-state index in [0.717, 1.165) is 12.8 Å². The molecule has 0 aliphatic carbocycles. The summed E-state index contributed by atoms with van der Waals surface area (Å²) in [7, 11) is -1.50. The Kier molecular flexibility index (Phi) is 5.81. The number of rotatable bonds is 6. The number of nitrogens with one attached hydrogen (secondary N) is 1. The molecule has 102 valence electrons. The van der Waals surface area contributed by atoms with Crippen molar-refractivity contribution in [1.82, 2.24) is 9.62 Å². The van der Waals surface area contributed by atoms with Crippen molar-refractivity contribution in [3.63, 3.8) is 0 Å². The van der Waals surface area contributed by atoms with Crippen LogP contribution in [0.25, 0.3) is 0 Å². The van der Waals surface area contributed by atoms with Crippen LogP contribution in [0.4, 0.5) is 0 Å². The van der Waals surface area contributed by atoms with Gasteiger partial charge < -0.3 is 15.2 Å². The first-order valence-electron chi connectivity index (χ1n) is 5.79. The number of hydrogen-bond donors (Lipinski definition) is 2. The van der Waals surface area contributed by atoms with Crippen LogP contribution in [0.1, 0.15) is 12.8 Å². The zero-order valence-electron chi connectivity index (χ0n) is 10.4. The molecular weight excluding hydrogens is 244 g/mol. The third-order valence-corrected chi connectivity index (χ3v) is 4.23.